The van der Waals surface area contributed by atoms with E-state index in [2.05, 4.69) is 10.3 Å². The van der Waals surface area contributed by atoms with E-state index in [0.717, 1.165) is 16.5 Å². The number of aromatic nitrogens is 1. The molecule has 1 atom stereocenters. The lowest BCUT2D eigenvalue weighted by atomic mass is 10.1. The van der Waals surface area contributed by atoms with Gasteiger partial charge in [-0.3, -0.25) is 4.79 Å². The maximum Gasteiger partial charge on any atom is 0.224 e. The van der Waals surface area contributed by atoms with Gasteiger partial charge in [0.2, 0.25) is 5.91 Å². The molecule has 4 heteroatoms. The van der Waals surface area contributed by atoms with E-state index < -0.39 is 0 Å². The van der Waals surface area contributed by atoms with Crippen LogP contribution in [0.4, 0.5) is 0 Å². The van der Waals surface area contributed by atoms with E-state index in [9.17, 15) is 4.79 Å². The molecule has 0 aliphatic rings. The van der Waals surface area contributed by atoms with Crippen molar-refractivity contribution in [2.45, 2.75) is 19.4 Å². The monoisotopic (exact) mass is 284 g/mol. The minimum atomic E-state index is 0.0515. The van der Waals surface area contributed by atoms with Gasteiger partial charge in [-0.1, -0.05) is 24.3 Å². The van der Waals surface area contributed by atoms with Crippen LogP contribution in [-0.2, 0) is 11.2 Å². The fourth-order valence-corrected chi connectivity index (χ4v) is 3.09. The van der Waals surface area contributed by atoms with Gasteiger partial charge >= 0.3 is 0 Å². The van der Waals surface area contributed by atoms with Crippen molar-refractivity contribution in [2.24, 2.45) is 0 Å². The number of carbonyl (C=O) groups is 1. The van der Waals surface area contributed by atoms with E-state index >= 15 is 0 Å². The topological polar surface area (TPSA) is 44.9 Å². The molecule has 0 spiro atoms. The highest BCUT2D eigenvalue weighted by Gasteiger charge is 2.12. The molecule has 0 aliphatic heterocycles. The number of para-hydroxylation sites is 1. The summed E-state index contributed by atoms with van der Waals surface area (Å²) in [4.78, 5) is 16.5. The number of fused-ring (bicyclic) bond motifs is 1. The third-order valence-electron chi connectivity index (χ3n) is 3.37. The lowest BCUT2D eigenvalue weighted by Gasteiger charge is -2.11. The zero-order valence-corrected chi connectivity index (χ0v) is 12.0. The second-order valence-corrected chi connectivity index (χ2v) is 5.82. The molecule has 102 valence electrons. The number of amides is 1. The van der Waals surface area contributed by atoms with Gasteiger partial charge in [-0.15, -0.1) is 11.3 Å². The molecule has 1 aromatic carbocycles. The van der Waals surface area contributed by atoms with Crippen molar-refractivity contribution in [2.75, 3.05) is 0 Å². The van der Waals surface area contributed by atoms with Gasteiger partial charge in [-0.25, -0.2) is 0 Å². The number of aromatic amines is 1. The van der Waals surface area contributed by atoms with Gasteiger partial charge in [0.05, 0.1) is 12.5 Å². The highest BCUT2D eigenvalue weighted by Crippen LogP contribution is 2.20. The van der Waals surface area contributed by atoms with Crippen LogP contribution in [0.25, 0.3) is 10.9 Å². The number of nitrogens with one attached hydrogen (secondary N) is 2. The third-order valence-corrected chi connectivity index (χ3v) is 4.43. The van der Waals surface area contributed by atoms with E-state index in [0.29, 0.717) is 6.42 Å². The number of thiophene rings is 1. The third kappa shape index (κ3) is 2.60. The Morgan fingerprint density at radius 2 is 2.15 bits per heavy atom. The van der Waals surface area contributed by atoms with E-state index in [1.807, 2.05) is 54.9 Å². The molecule has 0 fully saturated rings. The van der Waals surface area contributed by atoms with Crippen LogP contribution in [-0.4, -0.2) is 10.9 Å². The van der Waals surface area contributed by atoms with Crippen molar-refractivity contribution >= 4 is 28.1 Å². The van der Waals surface area contributed by atoms with Gasteiger partial charge in [-0.2, -0.15) is 0 Å². The second kappa shape index (κ2) is 5.51. The summed E-state index contributed by atoms with van der Waals surface area (Å²) in [5.41, 5.74) is 2.11. The van der Waals surface area contributed by atoms with Gasteiger partial charge in [-0.05, 0) is 30.0 Å². The van der Waals surface area contributed by atoms with Crippen molar-refractivity contribution in [3.05, 3.63) is 58.4 Å². The summed E-state index contributed by atoms with van der Waals surface area (Å²) in [6, 6.07) is 12.1. The van der Waals surface area contributed by atoms with Crippen LogP contribution < -0.4 is 5.32 Å². The molecule has 1 amide bonds. The summed E-state index contributed by atoms with van der Waals surface area (Å²) in [6.07, 6.45) is 2.32. The Balaban J connectivity index is 1.70. The summed E-state index contributed by atoms with van der Waals surface area (Å²) in [6.45, 7) is 2.01. The van der Waals surface area contributed by atoms with Crippen LogP contribution in [0.1, 0.15) is 23.4 Å². The maximum absolute atomic E-state index is 12.1. The van der Waals surface area contributed by atoms with Gasteiger partial charge in [0, 0.05) is 22.0 Å². The van der Waals surface area contributed by atoms with Crippen molar-refractivity contribution in [3.63, 3.8) is 0 Å². The van der Waals surface area contributed by atoms with Crippen molar-refractivity contribution in [3.8, 4) is 0 Å². The van der Waals surface area contributed by atoms with Gasteiger partial charge in [0.1, 0.15) is 0 Å². The van der Waals surface area contributed by atoms with Gasteiger partial charge in [0.25, 0.3) is 0 Å². The Bertz CT molecular complexity index is 715. The van der Waals surface area contributed by atoms with Crippen LogP contribution in [0, 0.1) is 0 Å². The average molecular weight is 284 g/mol. The Morgan fingerprint density at radius 3 is 2.95 bits per heavy atom. The molecule has 20 heavy (non-hydrogen) atoms. The lowest BCUT2D eigenvalue weighted by molar-refractivity contribution is -0.121. The number of hydrogen-bond acceptors (Lipinski definition) is 2. The number of rotatable bonds is 4. The first-order chi connectivity index (χ1) is 9.74. The predicted molar refractivity (Wildman–Crippen MR) is 82.9 cm³/mol. The molecule has 0 saturated carbocycles. The van der Waals surface area contributed by atoms with Crippen LogP contribution in [0.2, 0.25) is 0 Å². The van der Waals surface area contributed by atoms with Crippen LogP contribution in [0.5, 0.6) is 0 Å². The maximum atomic E-state index is 12.1. The first kappa shape index (κ1) is 12.9. The Labute approximate surface area is 121 Å². The quantitative estimate of drug-likeness (QED) is 0.754. The summed E-state index contributed by atoms with van der Waals surface area (Å²) in [5.74, 6) is 0.0515. The molecule has 3 rings (SSSR count). The van der Waals surface area contributed by atoms with E-state index in [1.54, 1.807) is 11.3 Å². The number of benzene rings is 1. The van der Waals surface area contributed by atoms with Crippen molar-refractivity contribution < 1.29 is 4.79 Å². The second-order valence-electron chi connectivity index (χ2n) is 4.84. The molecule has 0 radical (unpaired) electrons. The molecule has 0 bridgehead atoms. The van der Waals surface area contributed by atoms with E-state index in [-0.39, 0.29) is 11.9 Å². The Morgan fingerprint density at radius 1 is 1.30 bits per heavy atom. The molecule has 3 aromatic rings. The molecule has 0 aliphatic carbocycles. The highest BCUT2D eigenvalue weighted by atomic mass is 32.1. The zero-order chi connectivity index (χ0) is 13.9. The van der Waals surface area contributed by atoms with Crippen LogP contribution in [0.15, 0.2) is 48.0 Å². The Kier molecular flexibility index (Phi) is 3.56. The smallest absolute Gasteiger partial charge is 0.224 e. The average Bonchev–Trinajstić information content (AvgIpc) is 3.09. The molecule has 1 unspecified atom stereocenters. The Hall–Kier alpha value is -2.07. The van der Waals surface area contributed by atoms with Crippen molar-refractivity contribution in [1.82, 2.24) is 10.3 Å². The lowest BCUT2D eigenvalue weighted by Crippen LogP contribution is -2.27. The molecule has 2 aromatic heterocycles. The van der Waals surface area contributed by atoms with E-state index in [1.165, 1.54) is 4.88 Å². The van der Waals surface area contributed by atoms with E-state index in [4.69, 9.17) is 0 Å². The highest BCUT2D eigenvalue weighted by molar-refractivity contribution is 7.10. The summed E-state index contributed by atoms with van der Waals surface area (Å²) < 4.78 is 0. The first-order valence-electron chi connectivity index (χ1n) is 6.62. The van der Waals surface area contributed by atoms with Gasteiger partial charge < -0.3 is 10.3 Å². The number of hydrogen-bond donors (Lipinski definition) is 2. The summed E-state index contributed by atoms with van der Waals surface area (Å²) in [5, 5.41) is 6.19. The van der Waals surface area contributed by atoms with Crippen LogP contribution in [0.3, 0.4) is 0 Å². The zero-order valence-electron chi connectivity index (χ0n) is 11.2. The SMILES string of the molecule is CC(NC(=O)Cc1c[nH]c2ccccc12)c1cccs1. The first-order valence-corrected chi connectivity index (χ1v) is 7.50. The fourth-order valence-electron chi connectivity index (χ4n) is 2.35. The van der Waals surface area contributed by atoms with Crippen LogP contribution >= 0.6 is 11.3 Å². The standard InChI is InChI=1S/C16H16N2OS/c1-11(15-7-4-8-20-15)18-16(19)9-12-10-17-14-6-3-2-5-13(12)14/h2-8,10-11,17H,9H2,1H3,(H,18,19). The normalized spacial score (nSPS) is 12.4. The number of carbonyl (C=O) groups excluding carboxylic acids is 1. The molecule has 2 heterocycles. The fraction of sp³-hybridized carbons (Fsp3) is 0.188. The minimum absolute atomic E-state index is 0.0515. The number of H-pyrrole nitrogens is 1. The summed E-state index contributed by atoms with van der Waals surface area (Å²) in [7, 11) is 0. The molecule has 3 nitrogen and oxygen atoms in total. The molecule has 2 N–H and O–H groups in total. The van der Waals surface area contributed by atoms with Gasteiger partial charge in [0.15, 0.2) is 0 Å². The van der Waals surface area contributed by atoms with Crippen molar-refractivity contribution in [1.29, 1.82) is 0 Å². The summed E-state index contributed by atoms with van der Waals surface area (Å²) >= 11 is 1.66. The molecular formula is C16H16N2OS. The molecule has 0 saturated heterocycles. The minimum Gasteiger partial charge on any atom is -0.361 e. The predicted octanol–water partition coefficient (Wildman–Crippen LogP) is 3.65. The largest absolute Gasteiger partial charge is 0.361 e. The molecular weight excluding hydrogens is 268 g/mol.